The van der Waals surface area contributed by atoms with Crippen LogP contribution in [0, 0.1) is 17.7 Å². The van der Waals surface area contributed by atoms with Gasteiger partial charge in [0.15, 0.2) is 23.0 Å². The van der Waals surface area contributed by atoms with Crippen molar-refractivity contribution < 1.29 is 47.5 Å². The molecule has 4 atom stereocenters. The van der Waals surface area contributed by atoms with Crippen molar-refractivity contribution in [3.63, 3.8) is 0 Å². The van der Waals surface area contributed by atoms with Crippen LogP contribution in [-0.2, 0) is 14.3 Å². The first kappa shape index (κ1) is 24.7. The van der Waals surface area contributed by atoms with Crippen LogP contribution < -0.4 is 24.3 Å². The molecule has 10 nitrogen and oxygen atoms in total. The number of hydrogen-bond acceptors (Lipinski definition) is 9. The van der Waals surface area contributed by atoms with Crippen LogP contribution in [0.3, 0.4) is 0 Å². The lowest BCUT2D eigenvalue weighted by atomic mass is 9.66. The fourth-order valence-corrected chi connectivity index (χ4v) is 5.57. The number of cyclic esters (lactones) is 1. The van der Waals surface area contributed by atoms with Crippen molar-refractivity contribution >= 4 is 17.7 Å². The fraction of sp³-hybridized carbons (Fsp3) is 0.286. The van der Waals surface area contributed by atoms with Crippen molar-refractivity contribution in [3.8, 4) is 28.7 Å². The molecule has 202 valence electrons. The van der Waals surface area contributed by atoms with Crippen molar-refractivity contribution in [1.82, 2.24) is 0 Å². The number of carbonyl (C=O) groups is 2. The van der Waals surface area contributed by atoms with Gasteiger partial charge in [0.05, 0.1) is 20.8 Å². The standard InChI is InChI=1S/C28H24FNO9/c1-34-21-7-13(8-22(35-2)25(21)31)23-16-9-19-20(38-12-37-19)10-17(16)26(24-18(23)11-36-27(24)32)39-28(33)30-15-5-3-14(29)4-6-15/h3-10,18,23-24,26,31H,11-12H2,1-2H3,(H,30,33). The highest BCUT2D eigenvalue weighted by molar-refractivity contribution is 5.86. The Hall–Kier alpha value is -4.67. The molecule has 3 aromatic rings. The van der Waals surface area contributed by atoms with E-state index in [4.69, 9.17) is 28.4 Å². The Morgan fingerprint density at radius 2 is 1.62 bits per heavy atom. The number of carbonyl (C=O) groups excluding carboxylic acids is 2. The normalized spacial score (nSPS) is 22.4. The van der Waals surface area contributed by atoms with E-state index in [-0.39, 0.29) is 30.6 Å². The summed E-state index contributed by atoms with van der Waals surface area (Å²) in [7, 11) is 2.86. The number of hydrogen-bond donors (Lipinski definition) is 2. The first-order valence-electron chi connectivity index (χ1n) is 12.2. The summed E-state index contributed by atoms with van der Waals surface area (Å²) in [5, 5.41) is 13.1. The summed E-state index contributed by atoms with van der Waals surface area (Å²) in [6.45, 7) is 0.0994. The molecule has 0 radical (unpaired) electrons. The molecule has 1 aliphatic carbocycles. The number of benzene rings is 3. The molecule has 2 aliphatic heterocycles. The van der Waals surface area contributed by atoms with E-state index in [9.17, 15) is 19.1 Å². The molecule has 1 fully saturated rings. The maximum atomic E-state index is 13.3. The van der Waals surface area contributed by atoms with Gasteiger partial charge >= 0.3 is 12.1 Å². The van der Waals surface area contributed by atoms with Crippen molar-refractivity contribution in [2.75, 3.05) is 32.9 Å². The Morgan fingerprint density at radius 3 is 2.26 bits per heavy atom. The van der Waals surface area contributed by atoms with Crippen LogP contribution in [0.25, 0.3) is 0 Å². The average molecular weight is 537 g/mol. The molecule has 0 spiro atoms. The molecule has 2 N–H and O–H groups in total. The molecule has 0 bridgehead atoms. The Balaban J connectivity index is 1.45. The van der Waals surface area contributed by atoms with E-state index in [1.54, 1.807) is 24.3 Å². The highest BCUT2D eigenvalue weighted by Crippen LogP contribution is 2.56. The summed E-state index contributed by atoms with van der Waals surface area (Å²) >= 11 is 0. The maximum Gasteiger partial charge on any atom is 0.412 e. The van der Waals surface area contributed by atoms with Gasteiger partial charge in [-0.1, -0.05) is 0 Å². The second-order valence-corrected chi connectivity index (χ2v) is 9.36. The summed E-state index contributed by atoms with van der Waals surface area (Å²) in [4.78, 5) is 26.1. The number of halogens is 1. The molecule has 6 rings (SSSR count). The lowest BCUT2D eigenvalue weighted by Crippen LogP contribution is -2.37. The Bertz CT molecular complexity index is 1430. The quantitative estimate of drug-likeness (QED) is 0.453. The smallest absolute Gasteiger partial charge is 0.412 e. The SMILES string of the molecule is COc1cc(C2c3cc4c(cc3C(OC(=O)Nc3ccc(F)cc3)C3C(=O)OCC23)OCO4)cc(OC)c1O. The zero-order valence-electron chi connectivity index (χ0n) is 20.9. The third kappa shape index (κ3) is 4.19. The molecule has 3 aliphatic rings. The maximum absolute atomic E-state index is 13.3. The number of fused-ring (bicyclic) bond motifs is 3. The van der Waals surface area contributed by atoms with Gasteiger partial charge in [-0.05, 0) is 59.7 Å². The van der Waals surface area contributed by atoms with Crippen molar-refractivity contribution in [3.05, 3.63) is 71.0 Å². The van der Waals surface area contributed by atoms with Gasteiger partial charge in [-0.2, -0.15) is 0 Å². The molecule has 1 saturated heterocycles. The number of esters is 1. The minimum absolute atomic E-state index is 0.0230. The second kappa shape index (κ2) is 9.57. The van der Waals surface area contributed by atoms with E-state index in [1.165, 1.54) is 38.5 Å². The van der Waals surface area contributed by atoms with Crippen LogP contribution in [0.4, 0.5) is 14.9 Å². The summed E-state index contributed by atoms with van der Waals surface area (Å²) in [5.41, 5.74) is 2.30. The van der Waals surface area contributed by atoms with E-state index in [0.717, 1.165) is 5.56 Å². The van der Waals surface area contributed by atoms with Crippen LogP contribution in [0.15, 0.2) is 48.5 Å². The number of ether oxygens (including phenoxy) is 6. The number of phenols is 1. The van der Waals surface area contributed by atoms with Gasteiger partial charge in [-0.3, -0.25) is 10.1 Å². The zero-order valence-corrected chi connectivity index (χ0v) is 20.9. The van der Waals surface area contributed by atoms with Crippen LogP contribution >= 0.6 is 0 Å². The first-order chi connectivity index (χ1) is 18.9. The van der Waals surface area contributed by atoms with E-state index < -0.39 is 41.7 Å². The predicted octanol–water partition coefficient (Wildman–Crippen LogP) is 4.50. The minimum atomic E-state index is -1.01. The Labute approximate surface area is 222 Å². The number of nitrogens with one attached hydrogen (secondary N) is 1. The zero-order chi connectivity index (χ0) is 27.3. The van der Waals surface area contributed by atoms with Crippen molar-refractivity contribution in [2.24, 2.45) is 11.8 Å². The lowest BCUT2D eigenvalue weighted by molar-refractivity contribution is -0.144. The van der Waals surface area contributed by atoms with Crippen LogP contribution in [0.5, 0.6) is 28.7 Å². The topological polar surface area (TPSA) is 122 Å². The van der Waals surface area contributed by atoms with Gasteiger partial charge in [0.25, 0.3) is 0 Å². The van der Waals surface area contributed by atoms with Gasteiger partial charge in [0, 0.05) is 23.1 Å². The molecule has 0 aromatic heterocycles. The number of amides is 1. The van der Waals surface area contributed by atoms with Crippen molar-refractivity contribution in [1.29, 1.82) is 0 Å². The fourth-order valence-electron chi connectivity index (χ4n) is 5.57. The summed E-state index contributed by atoms with van der Waals surface area (Å²) in [6.07, 6.45) is -1.83. The van der Waals surface area contributed by atoms with Gasteiger partial charge in [-0.15, -0.1) is 0 Å². The minimum Gasteiger partial charge on any atom is -0.502 e. The molecule has 11 heteroatoms. The molecule has 3 aromatic carbocycles. The average Bonchev–Trinajstić information content (AvgIpc) is 3.55. The summed E-state index contributed by atoms with van der Waals surface area (Å²) in [6, 6.07) is 12.1. The van der Waals surface area contributed by atoms with Crippen LogP contribution in [-0.4, -0.2) is 44.8 Å². The largest absolute Gasteiger partial charge is 0.502 e. The second-order valence-electron chi connectivity index (χ2n) is 9.36. The Kier molecular flexibility index (Phi) is 6.05. The highest BCUT2D eigenvalue weighted by atomic mass is 19.1. The van der Waals surface area contributed by atoms with Gasteiger partial charge in [0.1, 0.15) is 17.8 Å². The monoisotopic (exact) mass is 537 g/mol. The van der Waals surface area contributed by atoms with E-state index in [2.05, 4.69) is 5.32 Å². The first-order valence-corrected chi connectivity index (χ1v) is 12.2. The number of methoxy groups -OCH3 is 2. The summed E-state index contributed by atoms with van der Waals surface area (Å²) in [5.74, 6) is -1.47. The molecular weight excluding hydrogens is 513 g/mol. The lowest BCUT2D eigenvalue weighted by Gasteiger charge is -2.38. The Morgan fingerprint density at radius 1 is 0.974 bits per heavy atom. The number of rotatable bonds is 5. The van der Waals surface area contributed by atoms with Gasteiger partial charge in [-0.25, -0.2) is 9.18 Å². The van der Waals surface area contributed by atoms with Crippen LogP contribution in [0.2, 0.25) is 0 Å². The van der Waals surface area contributed by atoms with Gasteiger partial charge < -0.3 is 33.5 Å². The predicted molar refractivity (Wildman–Crippen MR) is 133 cm³/mol. The molecule has 1 amide bonds. The number of aromatic hydroxyl groups is 1. The molecular formula is C28H24FNO9. The molecule has 2 heterocycles. The molecule has 4 unspecified atom stereocenters. The number of phenolic OH excluding ortho intramolecular Hbond substituents is 1. The molecule has 0 saturated carbocycles. The third-order valence-corrected chi connectivity index (χ3v) is 7.31. The van der Waals surface area contributed by atoms with E-state index in [1.807, 2.05) is 0 Å². The van der Waals surface area contributed by atoms with E-state index >= 15 is 0 Å². The molecule has 39 heavy (non-hydrogen) atoms. The van der Waals surface area contributed by atoms with Crippen LogP contribution in [0.1, 0.15) is 28.7 Å². The third-order valence-electron chi connectivity index (χ3n) is 7.31. The van der Waals surface area contributed by atoms with E-state index in [0.29, 0.717) is 28.3 Å². The van der Waals surface area contributed by atoms with Crippen molar-refractivity contribution in [2.45, 2.75) is 12.0 Å². The highest BCUT2D eigenvalue weighted by Gasteiger charge is 2.54. The number of anilines is 1. The van der Waals surface area contributed by atoms with Gasteiger partial charge in [0.2, 0.25) is 12.5 Å². The summed E-state index contributed by atoms with van der Waals surface area (Å²) < 4.78 is 46.6.